The molecule has 0 spiro atoms. The van der Waals surface area contributed by atoms with Crippen molar-refractivity contribution in [3.63, 3.8) is 0 Å². The predicted octanol–water partition coefficient (Wildman–Crippen LogP) is 5.07. The molecule has 1 amide bonds. The molecule has 2 fully saturated rings. The number of aromatic nitrogens is 4. The van der Waals surface area contributed by atoms with Crippen LogP contribution in [-0.4, -0.2) is 43.1 Å². The lowest BCUT2D eigenvalue weighted by molar-refractivity contribution is -0.127. The lowest BCUT2D eigenvalue weighted by Crippen LogP contribution is -2.38. The fourth-order valence-electron chi connectivity index (χ4n) is 4.95. The van der Waals surface area contributed by atoms with Gasteiger partial charge >= 0.3 is 0 Å². The topological polar surface area (TPSA) is 104 Å². The Bertz CT molecular complexity index is 1550. The van der Waals surface area contributed by atoms with E-state index in [1.165, 1.54) is 6.33 Å². The maximum absolute atomic E-state index is 13.2. The van der Waals surface area contributed by atoms with Gasteiger partial charge in [0.25, 0.3) is 5.91 Å². The van der Waals surface area contributed by atoms with Gasteiger partial charge in [0.05, 0.1) is 24.5 Å². The van der Waals surface area contributed by atoms with Gasteiger partial charge < -0.3 is 15.4 Å². The predicted molar refractivity (Wildman–Crippen MR) is 144 cm³/mol. The fourth-order valence-corrected chi connectivity index (χ4v) is 4.95. The molecule has 1 atom stereocenters. The van der Waals surface area contributed by atoms with E-state index in [1.54, 1.807) is 0 Å². The number of carbonyl (C=O) groups excluding carboxylic acids is 1. The molecular weight excluding hydrogens is 478 g/mol. The van der Waals surface area contributed by atoms with E-state index >= 15 is 0 Å². The minimum atomic E-state index is -0.186. The summed E-state index contributed by atoms with van der Waals surface area (Å²) < 4.78 is 7.74. The second-order valence-corrected chi connectivity index (χ2v) is 9.72. The van der Waals surface area contributed by atoms with Crippen LogP contribution in [0.3, 0.4) is 0 Å². The van der Waals surface area contributed by atoms with Gasteiger partial charge in [0.15, 0.2) is 5.65 Å². The molecule has 0 unspecified atom stereocenters. The summed E-state index contributed by atoms with van der Waals surface area (Å²) in [5, 5.41) is 5.57. The number of nitrogens with zero attached hydrogens (tertiary/aromatic N) is 6. The van der Waals surface area contributed by atoms with Crippen molar-refractivity contribution in [3.05, 3.63) is 84.1 Å². The summed E-state index contributed by atoms with van der Waals surface area (Å²) in [7, 11) is 0. The fraction of sp³-hybridized carbons (Fsp3) is 0.276. The number of benzene rings is 2. The summed E-state index contributed by atoms with van der Waals surface area (Å²) in [5.74, 6) is 2.00. The highest BCUT2D eigenvalue weighted by Gasteiger charge is 2.33. The molecule has 38 heavy (non-hydrogen) atoms. The third-order valence-corrected chi connectivity index (χ3v) is 7.04. The second kappa shape index (κ2) is 9.98. The van der Waals surface area contributed by atoms with Crippen LogP contribution < -0.4 is 10.5 Å². The van der Waals surface area contributed by atoms with Gasteiger partial charge in [-0.3, -0.25) is 4.79 Å². The SMILES string of the molecule is [C-]#[N+]/C(=C\C1CC1)C(=O)N1CCC[C@@H]1Cn1nc(-c2ccc(Oc3ccccc3)cc2)c2c(N)ncnc21. The molecule has 1 saturated heterocycles. The molecule has 2 aromatic carbocycles. The average molecular weight is 506 g/mol. The van der Waals surface area contributed by atoms with E-state index in [-0.39, 0.29) is 17.6 Å². The van der Waals surface area contributed by atoms with Gasteiger partial charge in [-0.25, -0.2) is 19.5 Å². The van der Waals surface area contributed by atoms with E-state index in [0.717, 1.165) is 37.0 Å². The number of fused-ring (bicyclic) bond motifs is 1. The van der Waals surface area contributed by atoms with Crippen LogP contribution in [0.15, 0.2) is 72.7 Å². The van der Waals surface area contributed by atoms with E-state index in [4.69, 9.17) is 22.1 Å². The number of ether oxygens (including phenoxy) is 1. The van der Waals surface area contributed by atoms with Crippen molar-refractivity contribution in [1.29, 1.82) is 0 Å². The van der Waals surface area contributed by atoms with Gasteiger partial charge in [0.2, 0.25) is 5.70 Å². The van der Waals surface area contributed by atoms with Crippen LogP contribution in [0, 0.1) is 12.5 Å². The number of carbonyl (C=O) groups is 1. The Morgan fingerprint density at radius 3 is 2.58 bits per heavy atom. The molecular formula is C29H27N7O2. The normalized spacial score (nSPS) is 17.5. The first kappa shape index (κ1) is 23.7. The van der Waals surface area contributed by atoms with Crippen LogP contribution in [0.25, 0.3) is 27.1 Å². The molecule has 1 aliphatic heterocycles. The molecule has 2 aliphatic rings. The summed E-state index contributed by atoms with van der Waals surface area (Å²) in [6, 6.07) is 17.2. The number of amides is 1. The van der Waals surface area contributed by atoms with Gasteiger partial charge in [0.1, 0.15) is 29.3 Å². The highest BCUT2D eigenvalue weighted by Crippen LogP contribution is 2.34. The molecule has 2 N–H and O–H groups in total. The number of allylic oxidation sites excluding steroid dienone is 1. The average Bonchev–Trinajstić information content (AvgIpc) is 3.52. The zero-order chi connectivity index (χ0) is 26.1. The number of hydrogen-bond donors (Lipinski definition) is 1. The van der Waals surface area contributed by atoms with Crippen molar-refractivity contribution in [2.24, 2.45) is 5.92 Å². The first-order chi connectivity index (χ1) is 18.6. The molecule has 6 rings (SSSR count). The van der Waals surface area contributed by atoms with E-state index in [1.807, 2.05) is 70.3 Å². The van der Waals surface area contributed by atoms with Crippen LogP contribution in [0.5, 0.6) is 11.5 Å². The number of hydrogen-bond acceptors (Lipinski definition) is 6. The standard InChI is InChI=1S/C29H27N7O2/c1-31-24(16-19-9-10-19)29(37)35-15-5-6-21(35)17-36-28-25(27(30)32-18-33-28)26(34-36)20-11-13-23(14-12-20)38-22-7-3-2-4-8-22/h2-4,7-8,11-14,16,18-19,21H,5-6,9-10,15,17H2,(H2,30,32,33)/b24-16-/t21-/m1/s1. The van der Waals surface area contributed by atoms with Crippen LogP contribution in [0.4, 0.5) is 5.82 Å². The molecule has 1 aliphatic carbocycles. The Balaban J connectivity index is 1.29. The quantitative estimate of drug-likeness (QED) is 0.278. The number of rotatable bonds is 7. The maximum atomic E-state index is 13.2. The lowest BCUT2D eigenvalue weighted by atomic mass is 10.1. The first-order valence-electron chi connectivity index (χ1n) is 12.8. The molecule has 1 saturated carbocycles. The Kier molecular flexibility index (Phi) is 6.22. The van der Waals surface area contributed by atoms with E-state index in [0.29, 0.717) is 47.3 Å². The summed E-state index contributed by atoms with van der Waals surface area (Å²) >= 11 is 0. The van der Waals surface area contributed by atoms with Crippen LogP contribution in [0.2, 0.25) is 0 Å². The highest BCUT2D eigenvalue weighted by molar-refractivity contribution is 5.98. The first-order valence-corrected chi connectivity index (χ1v) is 12.8. The van der Waals surface area contributed by atoms with Gasteiger partial charge in [-0.2, -0.15) is 5.10 Å². The third-order valence-electron chi connectivity index (χ3n) is 7.04. The number of anilines is 1. The van der Waals surface area contributed by atoms with Crippen molar-refractivity contribution < 1.29 is 9.53 Å². The van der Waals surface area contributed by atoms with Crippen molar-refractivity contribution in [2.45, 2.75) is 38.3 Å². The monoisotopic (exact) mass is 505 g/mol. The third kappa shape index (κ3) is 4.68. The maximum Gasteiger partial charge on any atom is 0.252 e. The summed E-state index contributed by atoms with van der Waals surface area (Å²) in [5.41, 5.74) is 8.69. The molecule has 190 valence electrons. The minimum absolute atomic E-state index is 0.0827. The molecule has 9 heteroatoms. The van der Waals surface area contributed by atoms with Gasteiger partial charge in [0, 0.05) is 12.1 Å². The molecule has 2 aromatic heterocycles. The lowest BCUT2D eigenvalue weighted by Gasteiger charge is -2.24. The molecule has 4 aromatic rings. The zero-order valence-electron chi connectivity index (χ0n) is 20.8. The van der Waals surface area contributed by atoms with E-state index < -0.39 is 0 Å². The van der Waals surface area contributed by atoms with Gasteiger partial charge in [-0.05, 0) is 68.0 Å². The summed E-state index contributed by atoms with van der Waals surface area (Å²) in [6.07, 6.45) is 7.10. The van der Waals surface area contributed by atoms with Crippen molar-refractivity contribution in [1.82, 2.24) is 24.6 Å². The van der Waals surface area contributed by atoms with Crippen LogP contribution in [0.1, 0.15) is 25.7 Å². The van der Waals surface area contributed by atoms with Gasteiger partial charge in [-0.1, -0.05) is 24.3 Å². The number of nitrogens with two attached hydrogens (primary N) is 1. The Labute approximate surface area is 220 Å². The van der Waals surface area contributed by atoms with Crippen molar-refractivity contribution in [2.75, 3.05) is 12.3 Å². The Hall–Kier alpha value is -4.71. The van der Waals surface area contributed by atoms with Crippen LogP contribution in [-0.2, 0) is 11.3 Å². The molecule has 0 radical (unpaired) electrons. The zero-order valence-corrected chi connectivity index (χ0v) is 20.8. The molecule has 3 heterocycles. The summed E-state index contributed by atoms with van der Waals surface area (Å²) in [4.78, 5) is 27.3. The molecule has 9 nitrogen and oxygen atoms in total. The van der Waals surface area contributed by atoms with Crippen LogP contribution >= 0.6 is 0 Å². The summed E-state index contributed by atoms with van der Waals surface area (Å²) in [6.45, 7) is 8.62. The van der Waals surface area contributed by atoms with Crippen molar-refractivity contribution >= 4 is 22.8 Å². The number of nitrogen functional groups attached to an aromatic ring is 1. The Morgan fingerprint density at radius 2 is 1.84 bits per heavy atom. The number of para-hydroxylation sites is 1. The minimum Gasteiger partial charge on any atom is -0.457 e. The smallest absolute Gasteiger partial charge is 0.252 e. The van der Waals surface area contributed by atoms with Gasteiger partial charge in [-0.15, -0.1) is 0 Å². The Morgan fingerprint density at radius 1 is 1.08 bits per heavy atom. The largest absolute Gasteiger partial charge is 0.457 e. The number of likely N-dealkylation sites (tertiary alicyclic amines) is 1. The van der Waals surface area contributed by atoms with E-state index in [9.17, 15) is 4.79 Å². The van der Waals surface area contributed by atoms with E-state index in [2.05, 4.69) is 14.8 Å². The molecule has 0 bridgehead atoms. The highest BCUT2D eigenvalue weighted by atomic mass is 16.5. The van der Waals surface area contributed by atoms with Crippen molar-refractivity contribution in [3.8, 4) is 22.8 Å². The second-order valence-electron chi connectivity index (χ2n) is 9.72.